The summed E-state index contributed by atoms with van der Waals surface area (Å²) in [4.78, 5) is 28.1. The topological polar surface area (TPSA) is 52.7 Å². The van der Waals surface area contributed by atoms with Crippen LogP contribution < -0.4 is 5.32 Å². The highest BCUT2D eigenvalue weighted by Gasteiger charge is 2.26. The lowest BCUT2D eigenvalue weighted by Gasteiger charge is -2.34. The van der Waals surface area contributed by atoms with Crippen molar-refractivity contribution in [2.45, 2.75) is 58.4 Å². The zero-order valence-corrected chi connectivity index (χ0v) is 13.4. The van der Waals surface area contributed by atoms with E-state index in [1.807, 2.05) is 23.6 Å². The van der Waals surface area contributed by atoms with Crippen molar-refractivity contribution in [3.05, 3.63) is 0 Å². The summed E-state index contributed by atoms with van der Waals surface area (Å²) in [5.41, 5.74) is 0. The molecule has 2 aliphatic rings. The Kier molecular flexibility index (Phi) is 5.88. The van der Waals surface area contributed by atoms with Crippen LogP contribution in [0.3, 0.4) is 0 Å². The van der Waals surface area contributed by atoms with Crippen LogP contribution in [-0.4, -0.2) is 54.0 Å². The first-order valence-corrected chi connectivity index (χ1v) is 8.39. The first-order chi connectivity index (χ1) is 10.1. The van der Waals surface area contributed by atoms with Gasteiger partial charge in [0.2, 0.25) is 5.91 Å². The highest BCUT2D eigenvalue weighted by molar-refractivity contribution is 5.77. The van der Waals surface area contributed by atoms with Crippen molar-refractivity contribution in [3.63, 3.8) is 0 Å². The molecule has 0 aliphatic carbocycles. The molecule has 2 heterocycles. The standard InChI is InChI=1S/C16H29N3O2/c1-13(2)17-16(21)19-10-6-14(7-11-19)12-15(20)18-8-4-3-5-9-18/h13-14H,3-12H2,1-2H3,(H,17,21). The van der Waals surface area contributed by atoms with Crippen LogP contribution >= 0.6 is 0 Å². The number of likely N-dealkylation sites (tertiary alicyclic amines) is 2. The van der Waals surface area contributed by atoms with Gasteiger partial charge in [-0.1, -0.05) is 0 Å². The third-order valence-corrected chi connectivity index (χ3v) is 4.49. The summed E-state index contributed by atoms with van der Waals surface area (Å²) in [6, 6.07) is 0.210. The van der Waals surface area contributed by atoms with Crippen LogP contribution in [0.1, 0.15) is 52.4 Å². The average Bonchev–Trinajstić information content (AvgIpc) is 2.48. The second-order valence-electron chi connectivity index (χ2n) is 6.68. The second-order valence-corrected chi connectivity index (χ2v) is 6.68. The first kappa shape index (κ1) is 16.1. The lowest BCUT2D eigenvalue weighted by atomic mass is 9.92. The number of rotatable bonds is 3. The van der Waals surface area contributed by atoms with E-state index in [0.717, 1.165) is 51.9 Å². The molecule has 0 saturated carbocycles. The summed E-state index contributed by atoms with van der Waals surface area (Å²) < 4.78 is 0. The zero-order chi connectivity index (χ0) is 15.2. The molecule has 2 aliphatic heterocycles. The van der Waals surface area contributed by atoms with Crippen molar-refractivity contribution in [2.24, 2.45) is 5.92 Å². The summed E-state index contributed by atoms with van der Waals surface area (Å²) >= 11 is 0. The fourth-order valence-corrected chi connectivity index (χ4v) is 3.20. The van der Waals surface area contributed by atoms with Gasteiger partial charge in [-0.25, -0.2) is 4.79 Å². The van der Waals surface area contributed by atoms with Gasteiger partial charge in [0.25, 0.3) is 0 Å². The molecule has 0 radical (unpaired) electrons. The molecule has 1 N–H and O–H groups in total. The van der Waals surface area contributed by atoms with Gasteiger partial charge in [-0.2, -0.15) is 0 Å². The molecule has 0 aromatic carbocycles. The van der Waals surface area contributed by atoms with Gasteiger partial charge in [0.1, 0.15) is 0 Å². The van der Waals surface area contributed by atoms with Gasteiger partial charge in [0, 0.05) is 38.6 Å². The molecule has 5 nitrogen and oxygen atoms in total. The number of hydrogen-bond acceptors (Lipinski definition) is 2. The van der Waals surface area contributed by atoms with E-state index in [-0.39, 0.29) is 12.1 Å². The Morgan fingerprint density at radius 2 is 1.62 bits per heavy atom. The van der Waals surface area contributed by atoms with Gasteiger partial charge >= 0.3 is 6.03 Å². The molecule has 0 spiro atoms. The predicted octanol–water partition coefficient (Wildman–Crippen LogP) is 2.22. The van der Waals surface area contributed by atoms with Crippen LogP contribution in [0.4, 0.5) is 4.79 Å². The largest absolute Gasteiger partial charge is 0.343 e. The average molecular weight is 295 g/mol. The van der Waals surface area contributed by atoms with Crippen molar-refractivity contribution in [2.75, 3.05) is 26.2 Å². The molecule has 0 atom stereocenters. The van der Waals surface area contributed by atoms with Crippen molar-refractivity contribution in [3.8, 4) is 0 Å². The van der Waals surface area contributed by atoms with E-state index >= 15 is 0 Å². The molecule has 120 valence electrons. The Hall–Kier alpha value is -1.26. The minimum atomic E-state index is 0.0332. The summed E-state index contributed by atoms with van der Waals surface area (Å²) in [5, 5.41) is 2.93. The molecule has 0 aromatic heterocycles. The highest BCUT2D eigenvalue weighted by atomic mass is 16.2. The molecular weight excluding hydrogens is 266 g/mol. The number of carbonyl (C=O) groups excluding carboxylic acids is 2. The normalized spacial score (nSPS) is 20.7. The summed E-state index contributed by atoms with van der Waals surface area (Å²) in [7, 11) is 0. The molecule has 0 aromatic rings. The van der Waals surface area contributed by atoms with Crippen LogP contribution in [0.15, 0.2) is 0 Å². The minimum Gasteiger partial charge on any atom is -0.343 e. The van der Waals surface area contributed by atoms with Crippen molar-refractivity contribution >= 4 is 11.9 Å². The summed E-state index contributed by atoms with van der Waals surface area (Å²) in [5.74, 6) is 0.766. The van der Waals surface area contributed by atoms with E-state index in [0.29, 0.717) is 18.2 Å². The van der Waals surface area contributed by atoms with Crippen LogP contribution in [0.25, 0.3) is 0 Å². The van der Waals surface area contributed by atoms with E-state index in [9.17, 15) is 9.59 Å². The third kappa shape index (κ3) is 4.90. The predicted molar refractivity (Wildman–Crippen MR) is 83.0 cm³/mol. The summed E-state index contributed by atoms with van der Waals surface area (Å²) in [6.07, 6.45) is 6.13. The first-order valence-electron chi connectivity index (χ1n) is 8.39. The maximum Gasteiger partial charge on any atom is 0.317 e. The lowest BCUT2D eigenvalue weighted by Crippen LogP contribution is -2.47. The Morgan fingerprint density at radius 3 is 2.19 bits per heavy atom. The van der Waals surface area contributed by atoms with E-state index in [1.165, 1.54) is 6.42 Å². The van der Waals surface area contributed by atoms with Gasteiger partial charge in [-0.05, 0) is 51.9 Å². The van der Waals surface area contributed by atoms with Crippen LogP contribution in [0.2, 0.25) is 0 Å². The van der Waals surface area contributed by atoms with Gasteiger partial charge in [0.15, 0.2) is 0 Å². The smallest absolute Gasteiger partial charge is 0.317 e. The van der Waals surface area contributed by atoms with Gasteiger partial charge in [-0.3, -0.25) is 4.79 Å². The maximum absolute atomic E-state index is 12.3. The Labute approximate surface area is 128 Å². The summed E-state index contributed by atoms with van der Waals surface area (Å²) in [6.45, 7) is 7.37. The Balaban J connectivity index is 1.71. The van der Waals surface area contributed by atoms with Crippen molar-refractivity contribution < 1.29 is 9.59 Å². The van der Waals surface area contributed by atoms with Crippen LogP contribution in [0, 0.1) is 5.92 Å². The van der Waals surface area contributed by atoms with Gasteiger partial charge in [-0.15, -0.1) is 0 Å². The number of carbonyl (C=O) groups is 2. The van der Waals surface area contributed by atoms with Crippen molar-refractivity contribution in [1.82, 2.24) is 15.1 Å². The third-order valence-electron chi connectivity index (χ3n) is 4.49. The molecular formula is C16H29N3O2. The fraction of sp³-hybridized carbons (Fsp3) is 0.875. The number of amides is 3. The quantitative estimate of drug-likeness (QED) is 0.868. The molecule has 5 heteroatoms. The number of nitrogens with zero attached hydrogens (tertiary/aromatic N) is 2. The molecule has 0 unspecified atom stereocenters. The SMILES string of the molecule is CC(C)NC(=O)N1CCC(CC(=O)N2CCCCC2)CC1. The zero-order valence-electron chi connectivity index (χ0n) is 13.4. The molecule has 2 fully saturated rings. The Bertz CT molecular complexity index is 357. The Morgan fingerprint density at radius 1 is 1.00 bits per heavy atom. The maximum atomic E-state index is 12.3. The van der Waals surface area contributed by atoms with Crippen LogP contribution in [0.5, 0.6) is 0 Å². The monoisotopic (exact) mass is 295 g/mol. The van der Waals surface area contributed by atoms with Gasteiger partial charge in [0.05, 0.1) is 0 Å². The second kappa shape index (κ2) is 7.66. The van der Waals surface area contributed by atoms with E-state index in [1.54, 1.807) is 0 Å². The number of nitrogens with one attached hydrogen (secondary N) is 1. The lowest BCUT2D eigenvalue weighted by molar-refractivity contribution is -0.133. The van der Waals surface area contributed by atoms with Crippen LogP contribution in [-0.2, 0) is 4.79 Å². The number of piperidine rings is 2. The minimum absolute atomic E-state index is 0.0332. The molecule has 21 heavy (non-hydrogen) atoms. The van der Waals surface area contributed by atoms with E-state index in [4.69, 9.17) is 0 Å². The molecule has 0 bridgehead atoms. The number of urea groups is 1. The fourth-order valence-electron chi connectivity index (χ4n) is 3.20. The van der Waals surface area contributed by atoms with E-state index < -0.39 is 0 Å². The highest BCUT2D eigenvalue weighted by Crippen LogP contribution is 2.22. The molecule has 2 rings (SSSR count). The van der Waals surface area contributed by atoms with Crippen molar-refractivity contribution in [1.29, 1.82) is 0 Å². The van der Waals surface area contributed by atoms with Gasteiger partial charge < -0.3 is 15.1 Å². The molecule has 2 saturated heterocycles. The number of hydrogen-bond donors (Lipinski definition) is 1. The van der Waals surface area contributed by atoms with E-state index in [2.05, 4.69) is 5.32 Å². The molecule has 3 amide bonds.